The van der Waals surface area contributed by atoms with Gasteiger partial charge in [0.25, 0.3) is 0 Å². The van der Waals surface area contributed by atoms with Gasteiger partial charge < -0.3 is 9.67 Å². The first kappa shape index (κ1) is 17.0. The van der Waals surface area contributed by atoms with E-state index in [1.54, 1.807) is 12.4 Å². The molecule has 5 rings (SSSR count). The lowest BCUT2D eigenvalue weighted by Gasteiger charge is -2.31. The molecule has 1 fully saturated rings. The van der Waals surface area contributed by atoms with Gasteiger partial charge in [-0.05, 0) is 68.1 Å². The van der Waals surface area contributed by atoms with Gasteiger partial charge in [0.1, 0.15) is 0 Å². The smallest absolute Gasteiger partial charge is 0.0970 e. The number of fused-ring (bicyclic) bond motifs is 5. The lowest BCUT2D eigenvalue weighted by Crippen LogP contribution is -2.31. The van der Waals surface area contributed by atoms with Gasteiger partial charge in [0, 0.05) is 42.5 Å². The van der Waals surface area contributed by atoms with Crippen molar-refractivity contribution in [1.82, 2.24) is 14.5 Å². The van der Waals surface area contributed by atoms with Crippen LogP contribution in [0, 0.1) is 13.8 Å². The molecule has 4 heterocycles. The molecular formula is C23H27N3O. The molecule has 2 atom stereocenters. The fourth-order valence-electron chi connectivity index (χ4n) is 5.34. The van der Waals surface area contributed by atoms with E-state index in [0.29, 0.717) is 12.6 Å². The number of benzene rings is 1. The molecule has 140 valence electrons. The topological polar surface area (TPSA) is 41.3 Å². The summed E-state index contributed by atoms with van der Waals surface area (Å²) >= 11 is 0. The predicted octanol–water partition coefficient (Wildman–Crippen LogP) is 4.08. The molecule has 1 saturated heterocycles. The molecule has 0 radical (unpaired) electrons. The lowest BCUT2D eigenvalue weighted by atomic mass is 9.94. The molecule has 0 amide bonds. The second-order valence-electron chi connectivity index (χ2n) is 8.19. The highest BCUT2D eigenvalue weighted by molar-refractivity contribution is 5.89. The first-order valence-corrected chi connectivity index (χ1v) is 10.1. The number of nitrogens with zero attached hydrogens (tertiary/aromatic N) is 3. The Morgan fingerprint density at radius 2 is 2.00 bits per heavy atom. The SMILES string of the molecule is Cc1cc(C)c2c(c1)c1c(n2CC(O)c2ccncc2)CCN2CCCC12. The van der Waals surface area contributed by atoms with Crippen molar-refractivity contribution in [2.75, 3.05) is 13.1 Å². The molecule has 2 unspecified atom stereocenters. The minimum absolute atomic E-state index is 0.519. The summed E-state index contributed by atoms with van der Waals surface area (Å²) < 4.78 is 2.42. The standard InChI is InChI=1S/C23H27N3O/c1-15-12-16(2)23-18(13-15)22-19-4-3-10-25(19)11-7-20(22)26(23)14-21(27)17-5-8-24-9-6-17/h5-6,8-9,12-13,19,21,27H,3-4,7,10-11,14H2,1-2H3. The molecule has 2 aromatic heterocycles. The number of aromatic nitrogens is 2. The van der Waals surface area contributed by atoms with Crippen LogP contribution in [0.1, 0.15) is 52.9 Å². The van der Waals surface area contributed by atoms with Crippen LogP contribution in [0.4, 0.5) is 0 Å². The molecule has 3 aromatic rings. The Morgan fingerprint density at radius 1 is 1.19 bits per heavy atom. The van der Waals surface area contributed by atoms with Crippen LogP contribution in [0.15, 0.2) is 36.7 Å². The summed E-state index contributed by atoms with van der Waals surface area (Å²) in [7, 11) is 0. The van der Waals surface area contributed by atoms with E-state index >= 15 is 0 Å². The van der Waals surface area contributed by atoms with Crippen LogP contribution in [-0.4, -0.2) is 32.6 Å². The molecule has 0 bridgehead atoms. The van der Waals surface area contributed by atoms with Gasteiger partial charge in [-0.15, -0.1) is 0 Å². The van der Waals surface area contributed by atoms with Gasteiger partial charge in [0.2, 0.25) is 0 Å². The highest BCUT2D eigenvalue weighted by Gasteiger charge is 2.35. The molecule has 1 aromatic carbocycles. The summed E-state index contributed by atoms with van der Waals surface area (Å²) in [6.07, 6.45) is 6.62. The second kappa shape index (κ2) is 6.47. The number of aryl methyl sites for hydroxylation is 2. The van der Waals surface area contributed by atoms with E-state index in [1.807, 2.05) is 12.1 Å². The van der Waals surface area contributed by atoms with E-state index in [9.17, 15) is 5.11 Å². The number of pyridine rings is 1. The normalized spacial score (nSPS) is 20.6. The Hall–Kier alpha value is -2.17. The van der Waals surface area contributed by atoms with Gasteiger partial charge in [-0.3, -0.25) is 9.88 Å². The quantitative estimate of drug-likeness (QED) is 0.764. The molecule has 0 saturated carbocycles. The lowest BCUT2D eigenvalue weighted by molar-refractivity contribution is 0.155. The first-order valence-electron chi connectivity index (χ1n) is 10.1. The van der Waals surface area contributed by atoms with Crippen LogP contribution in [0.5, 0.6) is 0 Å². The number of hydrogen-bond donors (Lipinski definition) is 1. The third-order valence-corrected chi connectivity index (χ3v) is 6.42. The van der Waals surface area contributed by atoms with E-state index < -0.39 is 6.10 Å². The largest absolute Gasteiger partial charge is 0.387 e. The molecule has 2 aliphatic heterocycles. The molecule has 0 aliphatic carbocycles. The summed E-state index contributed by atoms with van der Waals surface area (Å²) in [5.41, 5.74) is 7.85. The van der Waals surface area contributed by atoms with E-state index in [2.05, 4.69) is 40.4 Å². The van der Waals surface area contributed by atoms with Crippen molar-refractivity contribution in [2.45, 2.75) is 51.8 Å². The fourth-order valence-corrected chi connectivity index (χ4v) is 5.34. The van der Waals surface area contributed by atoms with Crippen LogP contribution in [0.2, 0.25) is 0 Å². The Labute approximate surface area is 160 Å². The molecule has 2 aliphatic rings. The van der Waals surface area contributed by atoms with Crippen LogP contribution in [0.25, 0.3) is 10.9 Å². The Morgan fingerprint density at radius 3 is 2.81 bits per heavy atom. The number of aliphatic hydroxyl groups excluding tert-OH is 1. The Bertz CT molecular complexity index is 992. The second-order valence-corrected chi connectivity index (χ2v) is 8.19. The van der Waals surface area contributed by atoms with E-state index in [0.717, 1.165) is 18.5 Å². The maximum absolute atomic E-state index is 10.9. The van der Waals surface area contributed by atoms with Gasteiger partial charge in [0.05, 0.1) is 18.2 Å². The Kier molecular flexibility index (Phi) is 4.06. The summed E-state index contributed by atoms with van der Waals surface area (Å²) in [6.45, 7) is 7.37. The highest BCUT2D eigenvalue weighted by Crippen LogP contribution is 2.44. The average Bonchev–Trinajstić information content (AvgIpc) is 3.25. The summed E-state index contributed by atoms with van der Waals surface area (Å²) in [5, 5.41) is 12.3. The van der Waals surface area contributed by atoms with Gasteiger partial charge in [-0.1, -0.05) is 11.6 Å². The zero-order valence-electron chi connectivity index (χ0n) is 16.2. The molecule has 0 spiro atoms. The molecule has 1 N–H and O–H groups in total. The number of aliphatic hydroxyl groups is 1. The first-order chi connectivity index (χ1) is 13.1. The minimum Gasteiger partial charge on any atom is -0.387 e. The Balaban J connectivity index is 1.68. The van der Waals surface area contributed by atoms with Crippen molar-refractivity contribution in [3.8, 4) is 0 Å². The van der Waals surface area contributed by atoms with E-state index in [1.165, 1.54) is 52.7 Å². The number of hydrogen-bond acceptors (Lipinski definition) is 3. The number of rotatable bonds is 3. The van der Waals surface area contributed by atoms with Crippen molar-refractivity contribution >= 4 is 10.9 Å². The van der Waals surface area contributed by atoms with Crippen molar-refractivity contribution in [1.29, 1.82) is 0 Å². The van der Waals surface area contributed by atoms with Crippen LogP contribution in [-0.2, 0) is 13.0 Å². The maximum atomic E-state index is 10.9. The van der Waals surface area contributed by atoms with Crippen LogP contribution < -0.4 is 0 Å². The molecule has 4 nitrogen and oxygen atoms in total. The van der Waals surface area contributed by atoms with Crippen molar-refractivity contribution < 1.29 is 5.11 Å². The van der Waals surface area contributed by atoms with Gasteiger partial charge >= 0.3 is 0 Å². The monoisotopic (exact) mass is 361 g/mol. The maximum Gasteiger partial charge on any atom is 0.0970 e. The molecular weight excluding hydrogens is 334 g/mol. The van der Waals surface area contributed by atoms with Crippen molar-refractivity contribution in [2.24, 2.45) is 0 Å². The highest BCUT2D eigenvalue weighted by atomic mass is 16.3. The average molecular weight is 361 g/mol. The van der Waals surface area contributed by atoms with Crippen molar-refractivity contribution in [3.63, 3.8) is 0 Å². The summed E-state index contributed by atoms with van der Waals surface area (Å²) in [4.78, 5) is 6.74. The van der Waals surface area contributed by atoms with Gasteiger partial charge in [-0.2, -0.15) is 0 Å². The summed E-state index contributed by atoms with van der Waals surface area (Å²) in [5.74, 6) is 0. The fraction of sp³-hybridized carbons (Fsp3) is 0.435. The van der Waals surface area contributed by atoms with Crippen LogP contribution in [0.3, 0.4) is 0 Å². The predicted molar refractivity (Wildman–Crippen MR) is 108 cm³/mol. The summed E-state index contributed by atoms with van der Waals surface area (Å²) in [6, 6.07) is 9.02. The van der Waals surface area contributed by atoms with Gasteiger partial charge in [-0.25, -0.2) is 0 Å². The van der Waals surface area contributed by atoms with Gasteiger partial charge in [0.15, 0.2) is 0 Å². The molecule has 27 heavy (non-hydrogen) atoms. The zero-order chi connectivity index (χ0) is 18.5. The minimum atomic E-state index is -0.519. The zero-order valence-corrected chi connectivity index (χ0v) is 16.2. The van der Waals surface area contributed by atoms with Crippen LogP contribution >= 0.6 is 0 Å². The van der Waals surface area contributed by atoms with E-state index in [4.69, 9.17) is 0 Å². The molecule has 4 heteroatoms. The third-order valence-electron chi connectivity index (χ3n) is 6.42. The third kappa shape index (κ3) is 2.70. The van der Waals surface area contributed by atoms with E-state index in [-0.39, 0.29) is 0 Å². The van der Waals surface area contributed by atoms with Crippen molar-refractivity contribution in [3.05, 3.63) is 64.6 Å².